The number of aliphatic hydroxyl groups is 1. The zero-order chi connectivity index (χ0) is 21.1. The molecule has 0 saturated carbocycles. The van der Waals surface area contributed by atoms with Crippen LogP contribution in [0.3, 0.4) is 0 Å². The van der Waals surface area contributed by atoms with Gasteiger partial charge in [-0.15, -0.1) is 0 Å². The Balaban J connectivity index is 1.25. The second-order valence-electron chi connectivity index (χ2n) is 7.74. The maximum Gasteiger partial charge on any atom is 0.270 e. The summed E-state index contributed by atoms with van der Waals surface area (Å²) in [5.41, 5.74) is 2.66. The molecule has 3 N–H and O–H groups in total. The van der Waals surface area contributed by atoms with Crippen molar-refractivity contribution in [2.75, 3.05) is 42.9 Å². The molecule has 2 aliphatic rings. The maximum atomic E-state index is 12.4. The van der Waals surface area contributed by atoms with Gasteiger partial charge in [0.1, 0.15) is 17.8 Å². The Kier molecular flexibility index (Phi) is 5.80. The molecule has 2 aliphatic heterocycles. The van der Waals surface area contributed by atoms with Crippen LogP contribution in [0.2, 0.25) is 0 Å². The van der Waals surface area contributed by atoms with Gasteiger partial charge in [-0.2, -0.15) is 0 Å². The van der Waals surface area contributed by atoms with E-state index in [1.807, 2.05) is 12.1 Å². The summed E-state index contributed by atoms with van der Waals surface area (Å²) < 4.78 is 0. The predicted molar refractivity (Wildman–Crippen MR) is 112 cm³/mol. The summed E-state index contributed by atoms with van der Waals surface area (Å²) in [6.45, 7) is 4.25. The van der Waals surface area contributed by atoms with Gasteiger partial charge in [-0.25, -0.2) is 9.97 Å². The number of aliphatic hydroxyl groups excluding tert-OH is 1. The molecule has 4 rings (SSSR count). The zero-order valence-electron chi connectivity index (χ0n) is 16.9. The lowest BCUT2D eigenvalue weighted by atomic mass is 10.1. The number of nitrogens with one attached hydrogen (secondary N) is 2. The Morgan fingerprint density at radius 1 is 1.27 bits per heavy atom. The van der Waals surface area contributed by atoms with Gasteiger partial charge in [0, 0.05) is 51.4 Å². The molecule has 1 aromatic carbocycles. The molecule has 9 nitrogen and oxygen atoms in total. The minimum absolute atomic E-state index is 0.0479. The Bertz CT molecular complexity index is 930. The average Bonchev–Trinajstić information content (AvgIpc) is 3.11. The lowest BCUT2D eigenvalue weighted by Gasteiger charge is -2.39. The van der Waals surface area contributed by atoms with Crippen LogP contribution in [0.1, 0.15) is 23.0 Å². The van der Waals surface area contributed by atoms with E-state index < -0.39 is 6.10 Å². The lowest BCUT2D eigenvalue weighted by Crippen LogP contribution is -2.56. The second kappa shape index (κ2) is 8.66. The van der Waals surface area contributed by atoms with Crippen LogP contribution >= 0.6 is 0 Å². The number of β-amino-alcohol motifs (C(OH)–C–C–N with tert-alkyl or cyclic N) is 1. The van der Waals surface area contributed by atoms with Crippen molar-refractivity contribution in [3.05, 3.63) is 47.9 Å². The van der Waals surface area contributed by atoms with Crippen molar-refractivity contribution in [2.24, 2.45) is 0 Å². The number of hydrogen-bond donors (Lipinski definition) is 3. The molecule has 2 aromatic rings. The molecule has 0 aliphatic carbocycles. The number of rotatable bonds is 7. The van der Waals surface area contributed by atoms with Crippen molar-refractivity contribution in [1.29, 1.82) is 0 Å². The summed E-state index contributed by atoms with van der Waals surface area (Å²) in [6, 6.07) is 9.87. The van der Waals surface area contributed by atoms with E-state index in [1.54, 1.807) is 17.9 Å². The van der Waals surface area contributed by atoms with Crippen LogP contribution in [0, 0.1) is 0 Å². The van der Waals surface area contributed by atoms with Crippen LogP contribution in [0.4, 0.5) is 11.5 Å². The summed E-state index contributed by atoms with van der Waals surface area (Å²) in [4.78, 5) is 35.7. The van der Waals surface area contributed by atoms with Crippen LogP contribution in [-0.2, 0) is 11.2 Å². The maximum absolute atomic E-state index is 12.4. The van der Waals surface area contributed by atoms with Gasteiger partial charge in [-0.05, 0) is 18.1 Å². The fourth-order valence-electron chi connectivity index (χ4n) is 3.81. The standard InChI is InChI=1S/C21H26N6O3/c1-14(28)27-10-16(11-27)25-20-8-18(23-13-24-20)21(30)22-9-17(29)12-26-7-6-15-4-2-3-5-19(15)26/h2-5,8,13,16-17,29H,6-7,9-12H2,1H3,(H,22,30)(H,23,24,25)/t17-/m0/s1. The summed E-state index contributed by atoms with van der Waals surface area (Å²) in [6.07, 6.45) is 1.61. The normalized spacial score (nSPS) is 16.6. The molecule has 1 fully saturated rings. The van der Waals surface area contributed by atoms with Crippen LogP contribution < -0.4 is 15.5 Å². The molecule has 0 unspecified atom stereocenters. The topological polar surface area (TPSA) is 111 Å². The van der Waals surface area contributed by atoms with E-state index in [0.717, 1.165) is 18.7 Å². The Hall–Kier alpha value is -3.20. The molecule has 1 saturated heterocycles. The number of anilines is 2. The molecule has 3 heterocycles. The van der Waals surface area contributed by atoms with E-state index in [9.17, 15) is 14.7 Å². The van der Waals surface area contributed by atoms with Crippen LogP contribution in [-0.4, -0.2) is 76.7 Å². The summed E-state index contributed by atoms with van der Waals surface area (Å²) >= 11 is 0. The number of para-hydroxylation sites is 1. The molecule has 0 bridgehead atoms. The number of benzene rings is 1. The van der Waals surface area contributed by atoms with Gasteiger partial charge < -0.3 is 25.5 Å². The molecule has 0 spiro atoms. The van der Waals surface area contributed by atoms with E-state index in [-0.39, 0.29) is 30.1 Å². The van der Waals surface area contributed by atoms with Gasteiger partial charge in [0.05, 0.1) is 12.1 Å². The molecule has 30 heavy (non-hydrogen) atoms. The highest BCUT2D eigenvalue weighted by Crippen LogP contribution is 2.27. The lowest BCUT2D eigenvalue weighted by molar-refractivity contribution is -0.132. The highest BCUT2D eigenvalue weighted by atomic mass is 16.3. The molecule has 1 aromatic heterocycles. The predicted octanol–water partition coefficient (Wildman–Crippen LogP) is 0.273. The monoisotopic (exact) mass is 410 g/mol. The number of fused-ring (bicyclic) bond motifs is 1. The first-order valence-electron chi connectivity index (χ1n) is 10.1. The quantitative estimate of drug-likeness (QED) is 0.601. The summed E-state index contributed by atoms with van der Waals surface area (Å²) in [5.74, 6) is 0.227. The Morgan fingerprint density at radius 2 is 2.07 bits per heavy atom. The van der Waals surface area contributed by atoms with Gasteiger partial charge in [-0.1, -0.05) is 18.2 Å². The average molecular weight is 410 g/mol. The van der Waals surface area contributed by atoms with E-state index in [1.165, 1.54) is 11.9 Å². The minimum atomic E-state index is -0.688. The smallest absolute Gasteiger partial charge is 0.270 e. The SMILES string of the molecule is CC(=O)N1CC(Nc2cc(C(=O)NC[C@H](O)CN3CCc4ccccc43)ncn2)C1. The fourth-order valence-corrected chi connectivity index (χ4v) is 3.81. The third-order valence-corrected chi connectivity index (χ3v) is 5.49. The largest absolute Gasteiger partial charge is 0.389 e. The zero-order valence-corrected chi connectivity index (χ0v) is 16.9. The Morgan fingerprint density at radius 3 is 2.87 bits per heavy atom. The number of likely N-dealkylation sites (tertiary alicyclic amines) is 1. The molecule has 9 heteroatoms. The highest BCUT2D eigenvalue weighted by Gasteiger charge is 2.28. The van der Waals surface area contributed by atoms with E-state index >= 15 is 0 Å². The summed E-state index contributed by atoms with van der Waals surface area (Å²) in [7, 11) is 0. The van der Waals surface area contributed by atoms with Crippen molar-refractivity contribution in [3.63, 3.8) is 0 Å². The molecule has 158 valence electrons. The number of amides is 2. The first-order chi connectivity index (χ1) is 14.5. The first-order valence-corrected chi connectivity index (χ1v) is 10.1. The first kappa shape index (κ1) is 20.1. The van der Waals surface area contributed by atoms with Crippen molar-refractivity contribution < 1.29 is 14.7 Å². The third-order valence-electron chi connectivity index (χ3n) is 5.49. The van der Waals surface area contributed by atoms with Gasteiger partial charge in [0.15, 0.2) is 0 Å². The number of hydrogen-bond acceptors (Lipinski definition) is 7. The summed E-state index contributed by atoms with van der Waals surface area (Å²) in [5, 5.41) is 16.3. The Labute approximate surface area is 175 Å². The number of nitrogens with zero attached hydrogens (tertiary/aromatic N) is 4. The number of carbonyl (C=O) groups is 2. The number of aromatic nitrogens is 2. The molecular formula is C21H26N6O3. The van der Waals surface area contributed by atoms with Gasteiger partial charge in [0.25, 0.3) is 5.91 Å². The fraction of sp³-hybridized carbons (Fsp3) is 0.429. The molecule has 1 atom stereocenters. The van der Waals surface area contributed by atoms with Gasteiger partial charge in [-0.3, -0.25) is 9.59 Å². The van der Waals surface area contributed by atoms with E-state index in [0.29, 0.717) is 25.5 Å². The number of carbonyl (C=O) groups excluding carboxylic acids is 2. The van der Waals surface area contributed by atoms with Crippen LogP contribution in [0.15, 0.2) is 36.7 Å². The van der Waals surface area contributed by atoms with Gasteiger partial charge in [0.2, 0.25) is 5.91 Å². The van der Waals surface area contributed by atoms with E-state index in [2.05, 4.69) is 37.6 Å². The van der Waals surface area contributed by atoms with Crippen molar-refractivity contribution in [3.8, 4) is 0 Å². The minimum Gasteiger partial charge on any atom is -0.389 e. The van der Waals surface area contributed by atoms with Crippen molar-refractivity contribution in [1.82, 2.24) is 20.2 Å². The highest BCUT2D eigenvalue weighted by molar-refractivity contribution is 5.92. The van der Waals surface area contributed by atoms with Gasteiger partial charge >= 0.3 is 0 Å². The molecule has 0 radical (unpaired) electrons. The van der Waals surface area contributed by atoms with Crippen LogP contribution in [0.25, 0.3) is 0 Å². The second-order valence-corrected chi connectivity index (χ2v) is 7.74. The van der Waals surface area contributed by atoms with Crippen LogP contribution in [0.5, 0.6) is 0 Å². The van der Waals surface area contributed by atoms with E-state index in [4.69, 9.17) is 0 Å². The third kappa shape index (κ3) is 4.51. The van der Waals surface area contributed by atoms with Crippen molar-refractivity contribution >= 4 is 23.3 Å². The van der Waals surface area contributed by atoms with Crippen molar-refractivity contribution in [2.45, 2.75) is 25.5 Å². The molecule has 2 amide bonds. The molecular weight excluding hydrogens is 384 g/mol.